The van der Waals surface area contributed by atoms with E-state index in [9.17, 15) is 13.2 Å². The van der Waals surface area contributed by atoms with Crippen molar-refractivity contribution < 1.29 is 13.2 Å². The van der Waals surface area contributed by atoms with Crippen molar-refractivity contribution in [2.45, 2.75) is 32.2 Å². The van der Waals surface area contributed by atoms with Crippen LogP contribution >= 0.6 is 0 Å². The van der Waals surface area contributed by atoms with Gasteiger partial charge in [-0.2, -0.15) is 0 Å². The van der Waals surface area contributed by atoms with Crippen LogP contribution in [0.2, 0.25) is 0 Å². The molecule has 1 aliphatic heterocycles. The van der Waals surface area contributed by atoms with Crippen LogP contribution in [0.15, 0.2) is 0 Å². The number of terminal acetylenes is 1. The summed E-state index contributed by atoms with van der Waals surface area (Å²) in [7, 11) is -3.01. The first-order valence-electron chi connectivity index (χ1n) is 5.45. The zero-order chi connectivity index (χ0) is 12.2. The van der Waals surface area contributed by atoms with E-state index in [0.717, 1.165) is 12.8 Å². The number of carbonyl (C=O) groups excluding carboxylic acids is 1. The lowest BCUT2D eigenvalue weighted by atomic mass is 10.1. The van der Waals surface area contributed by atoms with E-state index in [1.807, 2.05) is 6.92 Å². The monoisotopic (exact) mass is 243 g/mol. The van der Waals surface area contributed by atoms with Gasteiger partial charge in [-0.15, -0.1) is 6.42 Å². The Kier molecular flexibility index (Phi) is 4.36. The van der Waals surface area contributed by atoms with Crippen LogP contribution in [0.4, 0.5) is 0 Å². The first kappa shape index (κ1) is 13.0. The second-order valence-electron chi connectivity index (χ2n) is 4.12. The summed E-state index contributed by atoms with van der Waals surface area (Å²) >= 11 is 0. The van der Waals surface area contributed by atoms with Gasteiger partial charge < -0.3 is 5.32 Å². The molecule has 0 spiro atoms. The highest BCUT2D eigenvalue weighted by Gasteiger charge is 2.33. The smallest absolute Gasteiger partial charge is 0.225 e. The van der Waals surface area contributed by atoms with Crippen molar-refractivity contribution in [3.8, 4) is 12.3 Å². The number of rotatable bonds is 4. The Morgan fingerprint density at radius 2 is 2.31 bits per heavy atom. The van der Waals surface area contributed by atoms with Crippen LogP contribution in [0.25, 0.3) is 0 Å². The number of amides is 1. The minimum atomic E-state index is -3.01. The lowest BCUT2D eigenvalue weighted by Gasteiger charge is -2.14. The Bertz CT molecular complexity index is 394. The molecule has 1 aliphatic rings. The summed E-state index contributed by atoms with van der Waals surface area (Å²) in [6.07, 6.45) is 7.30. The summed E-state index contributed by atoms with van der Waals surface area (Å²) in [5.74, 6) is 1.92. The molecule has 0 saturated carbocycles. The van der Waals surface area contributed by atoms with E-state index in [-0.39, 0.29) is 23.5 Å². The molecular weight excluding hydrogens is 226 g/mol. The van der Waals surface area contributed by atoms with Gasteiger partial charge in [0.15, 0.2) is 9.84 Å². The average Bonchev–Trinajstić information content (AvgIpc) is 2.58. The first-order valence-corrected chi connectivity index (χ1v) is 7.27. The molecule has 0 radical (unpaired) electrons. The Hall–Kier alpha value is -1.02. The fourth-order valence-electron chi connectivity index (χ4n) is 1.78. The summed E-state index contributed by atoms with van der Waals surface area (Å²) in [6.45, 7) is 1.98. The molecule has 1 fully saturated rings. The molecule has 16 heavy (non-hydrogen) atoms. The number of sulfone groups is 1. The molecule has 0 aliphatic carbocycles. The van der Waals surface area contributed by atoms with Crippen molar-refractivity contribution in [1.82, 2.24) is 5.32 Å². The second kappa shape index (κ2) is 5.35. The fraction of sp³-hybridized carbons (Fsp3) is 0.727. The lowest BCUT2D eigenvalue weighted by molar-refractivity contribution is -0.124. The SMILES string of the molecule is C#CC(CCC)NC(=O)C1CCS(=O)(=O)C1. The van der Waals surface area contributed by atoms with Gasteiger partial charge in [0.2, 0.25) is 5.91 Å². The molecule has 90 valence electrons. The number of carbonyl (C=O) groups is 1. The zero-order valence-electron chi connectivity index (χ0n) is 9.40. The molecule has 4 nitrogen and oxygen atoms in total. The summed E-state index contributed by atoms with van der Waals surface area (Å²) in [5.41, 5.74) is 0. The van der Waals surface area contributed by atoms with Crippen molar-refractivity contribution in [2.75, 3.05) is 11.5 Å². The summed E-state index contributed by atoms with van der Waals surface area (Å²) in [5, 5.41) is 2.71. The van der Waals surface area contributed by atoms with E-state index in [0.29, 0.717) is 6.42 Å². The Morgan fingerprint density at radius 1 is 1.62 bits per heavy atom. The van der Waals surface area contributed by atoms with Gasteiger partial charge in [0.1, 0.15) is 0 Å². The molecule has 1 rings (SSSR count). The van der Waals surface area contributed by atoms with Crippen LogP contribution in [0, 0.1) is 18.3 Å². The highest BCUT2D eigenvalue weighted by molar-refractivity contribution is 7.91. The molecule has 1 amide bonds. The summed E-state index contributed by atoms with van der Waals surface area (Å²) in [6, 6.07) is -0.277. The molecule has 5 heteroatoms. The Morgan fingerprint density at radius 3 is 2.75 bits per heavy atom. The van der Waals surface area contributed by atoms with Crippen LogP contribution < -0.4 is 5.32 Å². The van der Waals surface area contributed by atoms with Gasteiger partial charge in [-0.1, -0.05) is 19.3 Å². The van der Waals surface area contributed by atoms with Crippen LogP contribution in [0.1, 0.15) is 26.2 Å². The van der Waals surface area contributed by atoms with Crippen molar-refractivity contribution >= 4 is 15.7 Å². The van der Waals surface area contributed by atoms with Crippen molar-refractivity contribution in [3.63, 3.8) is 0 Å². The molecule has 2 atom stereocenters. The van der Waals surface area contributed by atoms with Crippen LogP contribution in [-0.2, 0) is 14.6 Å². The molecule has 2 unspecified atom stereocenters. The molecule has 1 heterocycles. The van der Waals surface area contributed by atoms with Gasteiger partial charge in [0.25, 0.3) is 0 Å². The van der Waals surface area contributed by atoms with E-state index in [1.54, 1.807) is 0 Å². The largest absolute Gasteiger partial charge is 0.342 e. The molecule has 0 aromatic heterocycles. The van der Waals surface area contributed by atoms with E-state index in [1.165, 1.54) is 0 Å². The van der Waals surface area contributed by atoms with E-state index in [4.69, 9.17) is 6.42 Å². The van der Waals surface area contributed by atoms with E-state index >= 15 is 0 Å². The first-order chi connectivity index (χ1) is 7.48. The predicted molar refractivity (Wildman–Crippen MR) is 62.4 cm³/mol. The third kappa shape index (κ3) is 3.53. The second-order valence-corrected chi connectivity index (χ2v) is 6.35. The van der Waals surface area contributed by atoms with E-state index in [2.05, 4.69) is 11.2 Å². The van der Waals surface area contributed by atoms with E-state index < -0.39 is 15.8 Å². The van der Waals surface area contributed by atoms with Crippen LogP contribution in [-0.4, -0.2) is 31.9 Å². The number of hydrogen-bond donors (Lipinski definition) is 1. The fourth-order valence-corrected chi connectivity index (χ4v) is 3.52. The maximum Gasteiger partial charge on any atom is 0.225 e. The maximum atomic E-state index is 11.7. The third-order valence-electron chi connectivity index (χ3n) is 2.70. The minimum absolute atomic E-state index is 0.0394. The number of hydrogen-bond acceptors (Lipinski definition) is 3. The minimum Gasteiger partial charge on any atom is -0.342 e. The van der Waals surface area contributed by atoms with Gasteiger partial charge in [0, 0.05) is 0 Å². The van der Waals surface area contributed by atoms with Crippen LogP contribution in [0.5, 0.6) is 0 Å². The normalized spacial score (nSPS) is 24.6. The van der Waals surface area contributed by atoms with Gasteiger partial charge >= 0.3 is 0 Å². The molecular formula is C11H17NO3S. The predicted octanol–water partition coefficient (Wildman–Crippen LogP) is 0.339. The average molecular weight is 243 g/mol. The highest BCUT2D eigenvalue weighted by Crippen LogP contribution is 2.18. The molecule has 1 saturated heterocycles. The third-order valence-corrected chi connectivity index (χ3v) is 4.47. The number of nitrogens with one attached hydrogen (secondary N) is 1. The van der Waals surface area contributed by atoms with Crippen molar-refractivity contribution in [2.24, 2.45) is 5.92 Å². The lowest BCUT2D eigenvalue weighted by Crippen LogP contribution is -2.38. The van der Waals surface area contributed by atoms with Gasteiger partial charge in [-0.05, 0) is 12.8 Å². The Balaban J connectivity index is 2.51. The summed E-state index contributed by atoms with van der Waals surface area (Å²) in [4.78, 5) is 11.7. The highest BCUT2D eigenvalue weighted by atomic mass is 32.2. The molecule has 0 bridgehead atoms. The molecule has 0 aromatic rings. The van der Waals surface area contributed by atoms with Gasteiger partial charge in [0.05, 0.1) is 23.5 Å². The van der Waals surface area contributed by atoms with Crippen molar-refractivity contribution in [1.29, 1.82) is 0 Å². The topological polar surface area (TPSA) is 63.2 Å². The quantitative estimate of drug-likeness (QED) is 0.724. The van der Waals surface area contributed by atoms with Crippen molar-refractivity contribution in [3.05, 3.63) is 0 Å². The Labute approximate surface area is 96.7 Å². The van der Waals surface area contributed by atoms with Gasteiger partial charge in [-0.25, -0.2) is 8.42 Å². The summed E-state index contributed by atoms with van der Waals surface area (Å²) < 4.78 is 22.4. The standard InChI is InChI=1S/C11H17NO3S/c1-3-5-10(4-2)12-11(13)9-6-7-16(14,15)8-9/h2,9-10H,3,5-8H2,1H3,(H,12,13). The van der Waals surface area contributed by atoms with Gasteiger partial charge in [-0.3, -0.25) is 4.79 Å². The molecule has 0 aromatic carbocycles. The maximum absolute atomic E-state index is 11.7. The zero-order valence-corrected chi connectivity index (χ0v) is 10.2. The van der Waals surface area contributed by atoms with Crippen LogP contribution in [0.3, 0.4) is 0 Å². The molecule has 1 N–H and O–H groups in total.